The van der Waals surface area contributed by atoms with Crippen LogP contribution < -0.4 is 0 Å². The summed E-state index contributed by atoms with van der Waals surface area (Å²) in [6.45, 7) is 8.47. The van der Waals surface area contributed by atoms with E-state index in [1.54, 1.807) is 0 Å². The third-order valence-electron chi connectivity index (χ3n) is 8.91. The van der Waals surface area contributed by atoms with Crippen LogP contribution in [0.25, 0.3) is 0 Å². The molecule has 3 heteroatoms. The van der Waals surface area contributed by atoms with Gasteiger partial charge in [-0.1, -0.05) is 19.4 Å². The van der Waals surface area contributed by atoms with Crippen molar-refractivity contribution < 1.29 is 15.0 Å². The van der Waals surface area contributed by atoms with Gasteiger partial charge >= 0.3 is 0 Å². The first-order valence-corrected chi connectivity index (χ1v) is 9.76. The maximum absolute atomic E-state index is 12.2. The molecule has 3 saturated carbocycles. The number of hydrogen-bond donors (Lipinski definition) is 2. The number of allylic oxidation sites excluding steroid dienone is 1. The smallest absolute Gasteiger partial charge is 0.158 e. The van der Waals surface area contributed by atoms with Gasteiger partial charge in [0.15, 0.2) is 5.78 Å². The number of carbonyl (C=O) groups excluding carboxylic acids is 1. The molecule has 0 spiro atoms. The summed E-state index contributed by atoms with van der Waals surface area (Å²) in [6, 6.07) is 0. The molecule has 24 heavy (non-hydrogen) atoms. The fourth-order valence-corrected chi connectivity index (χ4v) is 7.33. The number of aliphatic hydroxyl groups is 2. The van der Waals surface area contributed by atoms with Gasteiger partial charge in [-0.25, -0.2) is 0 Å². The molecule has 0 bridgehead atoms. The van der Waals surface area contributed by atoms with E-state index in [1.807, 2.05) is 13.8 Å². The van der Waals surface area contributed by atoms with Gasteiger partial charge in [0, 0.05) is 11.8 Å². The Morgan fingerprint density at radius 3 is 2.50 bits per heavy atom. The van der Waals surface area contributed by atoms with Gasteiger partial charge in [-0.3, -0.25) is 4.79 Å². The maximum Gasteiger partial charge on any atom is 0.158 e. The molecule has 0 aromatic rings. The molecule has 134 valence electrons. The highest BCUT2D eigenvalue weighted by Gasteiger charge is 2.65. The third kappa shape index (κ3) is 1.89. The van der Waals surface area contributed by atoms with E-state index in [9.17, 15) is 15.0 Å². The molecule has 0 aliphatic heterocycles. The number of Topliss-reactive ketones (excluding diaryl/α,β-unsaturated/α-hetero) is 1. The molecule has 2 N–H and O–H groups in total. The molecule has 0 aromatic carbocycles. The van der Waals surface area contributed by atoms with Crippen molar-refractivity contribution >= 4 is 5.78 Å². The van der Waals surface area contributed by atoms with Crippen LogP contribution in [-0.2, 0) is 4.79 Å². The van der Waals surface area contributed by atoms with Crippen molar-refractivity contribution in [2.45, 2.75) is 84.3 Å². The topological polar surface area (TPSA) is 57.5 Å². The van der Waals surface area contributed by atoms with Crippen molar-refractivity contribution in [3.05, 3.63) is 11.1 Å². The van der Waals surface area contributed by atoms with Crippen LogP contribution in [0.1, 0.15) is 72.6 Å². The van der Waals surface area contributed by atoms with E-state index >= 15 is 0 Å². The van der Waals surface area contributed by atoms with E-state index in [0.29, 0.717) is 30.5 Å². The summed E-state index contributed by atoms with van der Waals surface area (Å²) in [4.78, 5) is 12.2. The predicted octanol–water partition coefficient (Wildman–Crippen LogP) is 3.63. The molecule has 3 fully saturated rings. The first-order chi connectivity index (χ1) is 11.1. The van der Waals surface area contributed by atoms with Crippen molar-refractivity contribution in [1.29, 1.82) is 0 Å². The molecule has 0 saturated heterocycles. The number of carbonyl (C=O) groups is 1. The van der Waals surface area contributed by atoms with Gasteiger partial charge in [-0.2, -0.15) is 0 Å². The minimum absolute atomic E-state index is 0.0316. The lowest BCUT2D eigenvalue weighted by Crippen LogP contribution is -2.59. The van der Waals surface area contributed by atoms with E-state index in [0.717, 1.165) is 37.7 Å². The number of rotatable bonds is 0. The van der Waals surface area contributed by atoms with Crippen LogP contribution in [0.15, 0.2) is 11.1 Å². The molecular formula is C21H32O3. The highest BCUT2D eigenvalue weighted by atomic mass is 16.3. The molecule has 0 aromatic heterocycles. The highest BCUT2D eigenvalue weighted by molar-refractivity contribution is 5.96. The zero-order valence-electron chi connectivity index (χ0n) is 15.6. The highest BCUT2D eigenvalue weighted by Crippen LogP contribution is 2.67. The van der Waals surface area contributed by atoms with Crippen LogP contribution in [0.4, 0.5) is 0 Å². The molecule has 0 radical (unpaired) electrons. The lowest BCUT2D eigenvalue weighted by molar-refractivity contribution is -0.166. The molecule has 0 amide bonds. The lowest BCUT2D eigenvalue weighted by Gasteiger charge is -2.60. The quantitative estimate of drug-likeness (QED) is 0.712. The lowest BCUT2D eigenvalue weighted by atomic mass is 9.45. The van der Waals surface area contributed by atoms with E-state index < -0.39 is 5.60 Å². The van der Waals surface area contributed by atoms with Crippen LogP contribution in [0.3, 0.4) is 0 Å². The van der Waals surface area contributed by atoms with Crippen molar-refractivity contribution in [2.24, 2.45) is 28.6 Å². The molecular weight excluding hydrogens is 300 g/mol. The second-order valence-corrected chi connectivity index (χ2v) is 9.78. The standard InChI is InChI=1S/C21H32O3/c1-12-14-6-5-13-15-7-10-21(4,24)20(15,3)11-17(23)18(13)19(14,2)9-8-16(12)22/h13,15,17-18,23-24H,5-11H2,1-4H3/t13-,15-,17+,18+,19-,20-,21-/m0/s1. The average Bonchev–Trinajstić information content (AvgIpc) is 2.73. The van der Waals surface area contributed by atoms with E-state index in [-0.39, 0.29) is 22.9 Å². The first kappa shape index (κ1) is 16.8. The van der Waals surface area contributed by atoms with Gasteiger partial charge in [0.2, 0.25) is 0 Å². The normalized spacial score (nSPS) is 54.3. The Hall–Kier alpha value is -0.670. The monoisotopic (exact) mass is 332 g/mol. The molecule has 3 nitrogen and oxygen atoms in total. The summed E-state index contributed by atoms with van der Waals surface area (Å²) < 4.78 is 0. The van der Waals surface area contributed by atoms with E-state index in [1.165, 1.54) is 5.57 Å². The first-order valence-electron chi connectivity index (χ1n) is 9.76. The summed E-state index contributed by atoms with van der Waals surface area (Å²) in [5.74, 6) is 1.52. The Labute approximate surface area is 145 Å². The van der Waals surface area contributed by atoms with Crippen molar-refractivity contribution in [2.75, 3.05) is 0 Å². The van der Waals surface area contributed by atoms with E-state index in [2.05, 4.69) is 13.8 Å². The SMILES string of the molecule is CC1=C2CC[C@@H]3[C@H]([C@H](O)C[C@@]4(C)[C@H]3CC[C@]4(C)O)[C@@]2(C)CCC1=O. The Morgan fingerprint density at radius 2 is 1.79 bits per heavy atom. The molecule has 4 aliphatic carbocycles. The van der Waals surface area contributed by atoms with Gasteiger partial charge in [0.05, 0.1) is 11.7 Å². The number of aliphatic hydroxyl groups excluding tert-OH is 1. The molecule has 0 unspecified atom stereocenters. The Morgan fingerprint density at radius 1 is 1.08 bits per heavy atom. The van der Waals surface area contributed by atoms with Crippen molar-refractivity contribution in [3.8, 4) is 0 Å². The molecule has 4 aliphatic rings. The summed E-state index contributed by atoms with van der Waals surface area (Å²) in [5.41, 5.74) is 1.42. The largest absolute Gasteiger partial charge is 0.393 e. The Balaban J connectivity index is 1.77. The van der Waals surface area contributed by atoms with Crippen LogP contribution in [-0.4, -0.2) is 27.7 Å². The third-order valence-corrected chi connectivity index (χ3v) is 8.91. The van der Waals surface area contributed by atoms with Crippen LogP contribution in [0, 0.1) is 28.6 Å². The second-order valence-electron chi connectivity index (χ2n) is 9.78. The fraction of sp³-hybridized carbons (Fsp3) is 0.857. The van der Waals surface area contributed by atoms with Gasteiger partial charge in [-0.05, 0) is 81.1 Å². The number of ketones is 1. The predicted molar refractivity (Wildman–Crippen MR) is 93.3 cm³/mol. The van der Waals surface area contributed by atoms with Gasteiger partial charge in [-0.15, -0.1) is 0 Å². The molecule has 4 rings (SSSR count). The minimum atomic E-state index is -0.668. The van der Waals surface area contributed by atoms with Gasteiger partial charge in [0.25, 0.3) is 0 Å². The zero-order valence-corrected chi connectivity index (χ0v) is 15.6. The van der Waals surface area contributed by atoms with E-state index in [4.69, 9.17) is 0 Å². The van der Waals surface area contributed by atoms with Crippen LogP contribution >= 0.6 is 0 Å². The summed E-state index contributed by atoms with van der Waals surface area (Å²) in [5, 5.41) is 22.2. The van der Waals surface area contributed by atoms with Crippen LogP contribution in [0.2, 0.25) is 0 Å². The van der Waals surface area contributed by atoms with Gasteiger partial charge < -0.3 is 10.2 Å². The summed E-state index contributed by atoms with van der Waals surface area (Å²) >= 11 is 0. The minimum Gasteiger partial charge on any atom is -0.393 e. The second kappa shape index (κ2) is 4.94. The van der Waals surface area contributed by atoms with Crippen molar-refractivity contribution in [1.82, 2.24) is 0 Å². The fourth-order valence-electron chi connectivity index (χ4n) is 7.33. The summed E-state index contributed by atoms with van der Waals surface area (Å²) in [7, 11) is 0. The number of fused-ring (bicyclic) bond motifs is 5. The molecule has 7 atom stereocenters. The zero-order chi connectivity index (χ0) is 17.5. The van der Waals surface area contributed by atoms with Crippen molar-refractivity contribution in [3.63, 3.8) is 0 Å². The summed E-state index contributed by atoms with van der Waals surface area (Å²) in [6.07, 6.45) is 5.82. The molecule has 0 heterocycles. The number of hydrogen-bond acceptors (Lipinski definition) is 3. The van der Waals surface area contributed by atoms with Crippen LogP contribution in [0.5, 0.6) is 0 Å². The van der Waals surface area contributed by atoms with Gasteiger partial charge in [0.1, 0.15) is 0 Å². The maximum atomic E-state index is 12.2. The average molecular weight is 332 g/mol. The Kier molecular flexibility index (Phi) is 3.46. The Bertz CT molecular complexity index is 619.